The second-order valence-electron chi connectivity index (χ2n) is 7.97. The van der Waals surface area contributed by atoms with Crippen LogP contribution in [0.4, 0.5) is 26.1 Å². The number of nitrogens with one attached hydrogen (secondary N) is 2. The summed E-state index contributed by atoms with van der Waals surface area (Å²) in [5.41, 5.74) is 0.338. The summed E-state index contributed by atoms with van der Waals surface area (Å²) in [5.74, 6) is -0.911. The maximum atomic E-state index is 14.4. The van der Waals surface area contributed by atoms with Crippen molar-refractivity contribution in [3.63, 3.8) is 0 Å². The normalized spacial score (nSPS) is 14.6. The molecule has 1 aromatic carbocycles. The number of rotatable bonds is 4. The van der Waals surface area contributed by atoms with Crippen LogP contribution in [0.3, 0.4) is 0 Å². The molecule has 0 unspecified atom stereocenters. The molecule has 0 atom stereocenters. The third-order valence-electron chi connectivity index (χ3n) is 5.80. The number of aromatic nitrogens is 3. The SMILES string of the molecule is O=c1[nH]ccc2cc(-c3c(F)cccc3F)nc(Nc3ccc(N4CCC(O)CC4)cn3)c12. The lowest BCUT2D eigenvalue weighted by Gasteiger charge is -2.31. The van der Waals surface area contributed by atoms with Crippen molar-refractivity contribution < 1.29 is 13.9 Å². The van der Waals surface area contributed by atoms with Crippen LogP contribution in [0.25, 0.3) is 22.0 Å². The highest BCUT2D eigenvalue weighted by Gasteiger charge is 2.19. The first-order valence-electron chi connectivity index (χ1n) is 10.6. The van der Waals surface area contributed by atoms with Gasteiger partial charge in [0.25, 0.3) is 5.56 Å². The zero-order valence-electron chi connectivity index (χ0n) is 17.6. The van der Waals surface area contributed by atoms with Gasteiger partial charge in [0.1, 0.15) is 23.3 Å². The molecule has 0 radical (unpaired) electrons. The van der Waals surface area contributed by atoms with Crippen LogP contribution in [0.15, 0.2) is 59.7 Å². The lowest BCUT2D eigenvalue weighted by atomic mass is 10.1. The summed E-state index contributed by atoms with van der Waals surface area (Å²) in [6.45, 7) is 1.49. The van der Waals surface area contributed by atoms with Gasteiger partial charge in [0.2, 0.25) is 0 Å². The molecule has 0 bridgehead atoms. The molecule has 1 saturated heterocycles. The van der Waals surface area contributed by atoms with Gasteiger partial charge in [-0.1, -0.05) is 6.07 Å². The zero-order valence-corrected chi connectivity index (χ0v) is 17.6. The summed E-state index contributed by atoms with van der Waals surface area (Å²) in [7, 11) is 0. The van der Waals surface area contributed by atoms with E-state index in [2.05, 4.69) is 25.2 Å². The summed E-state index contributed by atoms with van der Waals surface area (Å²) in [5, 5.41) is 13.5. The quantitative estimate of drug-likeness (QED) is 0.437. The first kappa shape index (κ1) is 21.0. The van der Waals surface area contributed by atoms with Gasteiger partial charge in [0.15, 0.2) is 0 Å². The molecular weight excluding hydrogens is 428 g/mol. The Morgan fingerprint density at radius 2 is 1.85 bits per heavy atom. The van der Waals surface area contributed by atoms with E-state index in [1.165, 1.54) is 18.3 Å². The van der Waals surface area contributed by atoms with Crippen LogP contribution in [-0.4, -0.2) is 39.3 Å². The van der Waals surface area contributed by atoms with Crippen LogP contribution >= 0.6 is 0 Å². The lowest BCUT2D eigenvalue weighted by molar-refractivity contribution is 0.145. The van der Waals surface area contributed by atoms with E-state index in [-0.39, 0.29) is 34.1 Å². The number of H-pyrrole nitrogens is 1. The van der Waals surface area contributed by atoms with Crippen molar-refractivity contribution in [2.75, 3.05) is 23.3 Å². The van der Waals surface area contributed by atoms with E-state index in [4.69, 9.17) is 0 Å². The van der Waals surface area contributed by atoms with Gasteiger partial charge in [-0.2, -0.15) is 0 Å². The van der Waals surface area contributed by atoms with Gasteiger partial charge >= 0.3 is 0 Å². The van der Waals surface area contributed by atoms with Crippen molar-refractivity contribution in [2.24, 2.45) is 0 Å². The molecule has 1 fully saturated rings. The van der Waals surface area contributed by atoms with Crippen molar-refractivity contribution in [2.45, 2.75) is 18.9 Å². The van der Waals surface area contributed by atoms with Gasteiger partial charge in [-0.3, -0.25) is 4.79 Å². The Kier molecular flexibility index (Phi) is 5.47. The Morgan fingerprint density at radius 1 is 1.09 bits per heavy atom. The first-order chi connectivity index (χ1) is 16.0. The minimum absolute atomic E-state index is 0.0645. The van der Waals surface area contributed by atoms with Gasteiger partial charge in [-0.05, 0) is 54.6 Å². The summed E-state index contributed by atoms with van der Waals surface area (Å²) in [6, 6.07) is 10.4. The van der Waals surface area contributed by atoms with E-state index in [0.29, 0.717) is 24.0 Å². The Hall–Kier alpha value is -3.85. The van der Waals surface area contributed by atoms with Crippen LogP contribution in [0.5, 0.6) is 0 Å². The van der Waals surface area contributed by atoms with E-state index in [0.717, 1.165) is 30.9 Å². The van der Waals surface area contributed by atoms with E-state index >= 15 is 0 Å². The maximum absolute atomic E-state index is 14.4. The molecule has 9 heteroatoms. The Labute approximate surface area is 187 Å². The molecule has 4 aromatic rings. The third kappa shape index (κ3) is 4.14. The molecule has 168 valence electrons. The Balaban J connectivity index is 1.53. The van der Waals surface area contributed by atoms with Crippen LogP contribution in [0.2, 0.25) is 0 Å². The molecule has 1 aliphatic rings. The highest BCUT2D eigenvalue weighted by atomic mass is 19.1. The Morgan fingerprint density at radius 3 is 2.55 bits per heavy atom. The summed E-state index contributed by atoms with van der Waals surface area (Å²) >= 11 is 0. The zero-order chi connectivity index (χ0) is 22.9. The number of aliphatic hydroxyl groups excluding tert-OH is 1. The molecule has 0 saturated carbocycles. The monoisotopic (exact) mass is 449 g/mol. The predicted molar refractivity (Wildman–Crippen MR) is 123 cm³/mol. The number of piperidine rings is 1. The number of aromatic amines is 1. The van der Waals surface area contributed by atoms with Gasteiger partial charge in [0, 0.05) is 19.3 Å². The van der Waals surface area contributed by atoms with Crippen LogP contribution in [-0.2, 0) is 0 Å². The lowest BCUT2D eigenvalue weighted by Crippen LogP contribution is -2.35. The molecular formula is C24H21F2N5O2. The second-order valence-corrected chi connectivity index (χ2v) is 7.97. The molecule has 33 heavy (non-hydrogen) atoms. The number of hydrogen-bond donors (Lipinski definition) is 3. The summed E-state index contributed by atoms with van der Waals surface area (Å²) in [4.78, 5) is 26.1. The van der Waals surface area contributed by atoms with Crippen molar-refractivity contribution >= 4 is 28.1 Å². The molecule has 4 heterocycles. The third-order valence-corrected chi connectivity index (χ3v) is 5.80. The van der Waals surface area contributed by atoms with E-state index in [1.807, 2.05) is 6.07 Å². The number of hydrogen-bond acceptors (Lipinski definition) is 6. The average molecular weight is 449 g/mol. The van der Waals surface area contributed by atoms with E-state index < -0.39 is 11.6 Å². The number of benzene rings is 1. The first-order valence-corrected chi connectivity index (χ1v) is 10.6. The van der Waals surface area contributed by atoms with Gasteiger partial charge in [-0.25, -0.2) is 18.7 Å². The maximum Gasteiger partial charge on any atom is 0.259 e. The fourth-order valence-electron chi connectivity index (χ4n) is 4.07. The molecule has 0 spiro atoms. The van der Waals surface area contributed by atoms with Crippen molar-refractivity contribution in [3.8, 4) is 11.3 Å². The van der Waals surface area contributed by atoms with Crippen LogP contribution in [0.1, 0.15) is 12.8 Å². The molecule has 1 aliphatic heterocycles. The highest BCUT2D eigenvalue weighted by molar-refractivity contribution is 5.95. The van der Waals surface area contributed by atoms with Gasteiger partial charge in [0.05, 0.1) is 34.6 Å². The van der Waals surface area contributed by atoms with E-state index in [1.54, 1.807) is 18.3 Å². The van der Waals surface area contributed by atoms with Crippen LogP contribution < -0.4 is 15.8 Å². The highest BCUT2D eigenvalue weighted by Crippen LogP contribution is 2.31. The fraction of sp³-hybridized carbons (Fsp3) is 0.208. The topological polar surface area (TPSA) is 94.1 Å². The van der Waals surface area contributed by atoms with Crippen molar-refractivity contribution in [3.05, 3.63) is 76.8 Å². The number of anilines is 3. The van der Waals surface area contributed by atoms with E-state index in [9.17, 15) is 18.7 Å². The summed E-state index contributed by atoms with van der Waals surface area (Å²) in [6.07, 6.45) is 4.32. The number of fused-ring (bicyclic) bond motifs is 1. The number of pyridine rings is 3. The molecule has 0 aliphatic carbocycles. The molecule has 3 aromatic heterocycles. The van der Waals surface area contributed by atoms with Crippen molar-refractivity contribution in [1.29, 1.82) is 0 Å². The molecule has 5 rings (SSSR count). The number of aliphatic hydroxyl groups is 1. The Bertz CT molecular complexity index is 1350. The molecule has 3 N–H and O–H groups in total. The largest absolute Gasteiger partial charge is 0.393 e. The summed E-state index contributed by atoms with van der Waals surface area (Å²) < 4.78 is 28.8. The smallest absolute Gasteiger partial charge is 0.259 e. The average Bonchev–Trinajstić information content (AvgIpc) is 2.80. The van der Waals surface area contributed by atoms with Gasteiger partial charge < -0.3 is 20.3 Å². The number of nitrogens with zero attached hydrogens (tertiary/aromatic N) is 3. The fourth-order valence-corrected chi connectivity index (χ4v) is 4.07. The van der Waals surface area contributed by atoms with Crippen LogP contribution in [0, 0.1) is 11.6 Å². The molecule has 0 amide bonds. The van der Waals surface area contributed by atoms with Gasteiger partial charge in [-0.15, -0.1) is 0 Å². The minimum Gasteiger partial charge on any atom is -0.393 e. The minimum atomic E-state index is -0.744. The molecule has 7 nitrogen and oxygen atoms in total. The predicted octanol–water partition coefficient (Wildman–Crippen LogP) is 3.97. The standard InChI is InChI=1S/C24H21F2N5O2/c25-17-2-1-3-18(26)22(17)19-12-14-6-9-27-24(33)21(14)23(29-19)30-20-5-4-15(13-28-20)31-10-7-16(32)8-11-31/h1-6,9,12-13,16,32H,7-8,10-11H2,(H,27,33)(H,28,29,30). The second kappa shape index (κ2) is 8.59. The number of halogens is 2. The van der Waals surface area contributed by atoms with Crippen molar-refractivity contribution in [1.82, 2.24) is 15.0 Å².